The Balaban J connectivity index is 1.59. The van der Waals surface area contributed by atoms with E-state index in [1.165, 1.54) is 49.6 Å². The Kier molecular flexibility index (Phi) is 6.77. The number of ether oxygens (including phenoxy) is 2. The van der Waals surface area contributed by atoms with Gasteiger partial charge in [-0.1, -0.05) is 30.3 Å². The van der Waals surface area contributed by atoms with Crippen LogP contribution in [-0.2, 0) is 16.2 Å². The first-order valence-electron chi connectivity index (χ1n) is 10.6. The highest BCUT2D eigenvalue weighted by molar-refractivity contribution is 6.39. The molecule has 0 radical (unpaired) electrons. The van der Waals surface area contributed by atoms with Crippen molar-refractivity contribution in [1.29, 1.82) is 0 Å². The lowest BCUT2D eigenvalue weighted by molar-refractivity contribution is -0.122. The number of carbonyl (C=O) groups excluding carboxylic acids is 3. The minimum atomic E-state index is -1.06. The van der Waals surface area contributed by atoms with Crippen LogP contribution in [0, 0.1) is 5.82 Å². The highest BCUT2D eigenvalue weighted by Gasteiger charge is 2.38. The van der Waals surface area contributed by atoms with Crippen LogP contribution < -0.4 is 19.7 Å². The molecule has 1 aliphatic heterocycles. The van der Waals surface area contributed by atoms with Gasteiger partial charge in [0.25, 0.3) is 11.8 Å². The van der Waals surface area contributed by atoms with Crippen molar-refractivity contribution < 1.29 is 38.1 Å². The molecule has 0 bridgehead atoms. The Hall–Kier alpha value is -4.99. The second kappa shape index (κ2) is 10.1. The molecule has 0 saturated carbocycles. The smallest absolute Gasteiger partial charge is 0.336 e. The number of carboxylic acid groups (broad SMARTS) is 1. The van der Waals surface area contributed by atoms with Crippen molar-refractivity contribution in [2.24, 2.45) is 0 Å². The molecule has 10 heteroatoms. The third-order valence-corrected chi connectivity index (χ3v) is 5.26. The second-order valence-corrected chi connectivity index (χ2v) is 7.61. The number of rotatable bonds is 7. The van der Waals surface area contributed by atoms with Crippen molar-refractivity contribution in [3.63, 3.8) is 0 Å². The van der Waals surface area contributed by atoms with Crippen molar-refractivity contribution in [3.05, 3.63) is 94.8 Å². The summed E-state index contributed by atoms with van der Waals surface area (Å²) in [5.41, 5.74) is 0.480. The number of urea groups is 1. The van der Waals surface area contributed by atoms with Gasteiger partial charge in [0.05, 0.1) is 18.4 Å². The van der Waals surface area contributed by atoms with Gasteiger partial charge in [-0.25, -0.2) is 18.9 Å². The molecule has 0 aliphatic carbocycles. The van der Waals surface area contributed by atoms with E-state index < -0.39 is 29.6 Å². The zero-order valence-corrected chi connectivity index (χ0v) is 18.9. The number of hydrogen-bond acceptors (Lipinski definition) is 6. The summed E-state index contributed by atoms with van der Waals surface area (Å²) in [6.45, 7) is 0.0680. The molecule has 0 aromatic heterocycles. The summed E-state index contributed by atoms with van der Waals surface area (Å²) in [6.07, 6.45) is 1.25. The van der Waals surface area contributed by atoms with E-state index in [0.717, 1.165) is 6.07 Å². The van der Waals surface area contributed by atoms with Gasteiger partial charge in [-0.3, -0.25) is 14.9 Å². The second-order valence-electron chi connectivity index (χ2n) is 7.61. The van der Waals surface area contributed by atoms with Gasteiger partial charge in [0, 0.05) is 0 Å². The molecule has 182 valence electrons. The summed E-state index contributed by atoms with van der Waals surface area (Å²) in [7, 11) is 1.40. The quantitative estimate of drug-likeness (QED) is 0.382. The SMILES string of the molecule is COc1cc(/C=C2\C(=O)NC(=O)N(c3ccccc3F)C2=O)ccc1OCc1cccc(C(=O)O)c1. The number of methoxy groups -OCH3 is 1. The number of anilines is 1. The summed E-state index contributed by atoms with van der Waals surface area (Å²) in [5.74, 6) is -3.13. The lowest BCUT2D eigenvalue weighted by Gasteiger charge is -2.26. The number of carbonyl (C=O) groups is 4. The monoisotopic (exact) mass is 490 g/mol. The first-order valence-corrected chi connectivity index (χ1v) is 10.6. The van der Waals surface area contributed by atoms with Crippen molar-refractivity contribution in [3.8, 4) is 11.5 Å². The van der Waals surface area contributed by atoms with Crippen LogP contribution in [0.3, 0.4) is 0 Å². The van der Waals surface area contributed by atoms with Crippen LogP contribution >= 0.6 is 0 Å². The number of amides is 4. The van der Waals surface area contributed by atoms with Gasteiger partial charge in [0.2, 0.25) is 0 Å². The number of barbiturate groups is 1. The summed E-state index contributed by atoms with van der Waals surface area (Å²) in [5, 5.41) is 11.2. The number of benzene rings is 3. The number of hydrogen-bond donors (Lipinski definition) is 2. The van der Waals surface area contributed by atoms with Crippen molar-refractivity contribution in [2.45, 2.75) is 6.61 Å². The van der Waals surface area contributed by atoms with E-state index in [9.17, 15) is 23.6 Å². The Bertz CT molecular complexity index is 1420. The Morgan fingerprint density at radius 2 is 1.81 bits per heavy atom. The van der Waals surface area contributed by atoms with Gasteiger partial charge in [-0.15, -0.1) is 0 Å². The zero-order chi connectivity index (χ0) is 25.8. The van der Waals surface area contributed by atoms with Gasteiger partial charge in [-0.2, -0.15) is 0 Å². The maximum Gasteiger partial charge on any atom is 0.336 e. The molecule has 0 unspecified atom stereocenters. The fourth-order valence-electron chi connectivity index (χ4n) is 3.52. The van der Waals surface area contributed by atoms with Gasteiger partial charge in [0.15, 0.2) is 11.5 Å². The van der Waals surface area contributed by atoms with Gasteiger partial charge in [-0.05, 0) is 53.6 Å². The summed E-state index contributed by atoms with van der Waals surface area (Å²) in [4.78, 5) is 49.3. The highest BCUT2D eigenvalue weighted by atomic mass is 19.1. The molecule has 0 spiro atoms. The fraction of sp³-hybridized carbons (Fsp3) is 0.0769. The predicted octanol–water partition coefficient (Wildman–Crippen LogP) is 3.78. The summed E-state index contributed by atoms with van der Waals surface area (Å²) >= 11 is 0. The molecule has 2 N–H and O–H groups in total. The summed E-state index contributed by atoms with van der Waals surface area (Å²) in [6, 6.07) is 15.1. The molecule has 0 atom stereocenters. The van der Waals surface area contributed by atoms with Crippen LogP contribution in [0.4, 0.5) is 14.9 Å². The molecule has 4 amide bonds. The predicted molar refractivity (Wildman–Crippen MR) is 126 cm³/mol. The van der Waals surface area contributed by atoms with E-state index in [1.54, 1.807) is 24.3 Å². The van der Waals surface area contributed by atoms with E-state index in [-0.39, 0.29) is 29.2 Å². The molecule has 3 aromatic carbocycles. The highest BCUT2D eigenvalue weighted by Crippen LogP contribution is 2.31. The average Bonchev–Trinajstić information content (AvgIpc) is 2.86. The van der Waals surface area contributed by atoms with E-state index in [2.05, 4.69) is 0 Å². The molecule has 1 aliphatic rings. The number of nitrogens with zero attached hydrogens (tertiary/aromatic N) is 1. The topological polar surface area (TPSA) is 122 Å². The van der Waals surface area contributed by atoms with Crippen LogP contribution in [0.2, 0.25) is 0 Å². The van der Waals surface area contributed by atoms with Crippen molar-refractivity contribution in [2.75, 3.05) is 12.0 Å². The van der Waals surface area contributed by atoms with Crippen molar-refractivity contribution >= 4 is 35.6 Å². The average molecular weight is 490 g/mol. The van der Waals surface area contributed by atoms with Crippen LogP contribution in [0.15, 0.2) is 72.3 Å². The molecule has 9 nitrogen and oxygen atoms in total. The summed E-state index contributed by atoms with van der Waals surface area (Å²) < 4.78 is 25.3. The Morgan fingerprint density at radius 1 is 1.03 bits per heavy atom. The van der Waals surface area contributed by atoms with Gasteiger partial charge < -0.3 is 14.6 Å². The fourth-order valence-corrected chi connectivity index (χ4v) is 3.52. The number of nitrogens with one attached hydrogen (secondary N) is 1. The van der Waals surface area contributed by atoms with E-state index in [4.69, 9.17) is 14.6 Å². The first-order chi connectivity index (χ1) is 17.3. The first kappa shape index (κ1) is 24.1. The number of aromatic carboxylic acids is 1. The molecule has 4 rings (SSSR count). The largest absolute Gasteiger partial charge is 0.493 e. The number of para-hydroxylation sites is 1. The number of halogens is 1. The molecule has 3 aromatic rings. The Morgan fingerprint density at radius 3 is 2.53 bits per heavy atom. The molecule has 1 saturated heterocycles. The molecule has 36 heavy (non-hydrogen) atoms. The van der Waals surface area contributed by atoms with E-state index in [0.29, 0.717) is 21.8 Å². The third kappa shape index (κ3) is 4.92. The maximum absolute atomic E-state index is 14.2. The van der Waals surface area contributed by atoms with Gasteiger partial charge >= 0.3 is 12.0 Å². The van der Waals surface area contributed by atoms with Crippen LogP contribution in [0.25, 0.3) is 6.08 Å². The number of imide groups is 2. The lowest BCUT2D eigenvalue weighted by Crippen LogP contribution is -2.54. The standard InChI is InChI=1S/C26H19FN2O7/c1-35-22-13-15(9-10-21(22)36-14-16-5-4-6-17(11-16)25(32)33)12-18-23(30)28-26(34)29(24(18)31)20-8-3-2-7-19(20)27/h2-13H,14H2,1H3,(H,32,33)(H,28,30,34)/b18-12+. The molecular formula is C26H19FN2O7. The van der Waals surface area contributed by atoms with Crippen LogP contribution in [-0.4, -0.2) is 36.0 Å². The molecule has 1 fully saturated rings. The third-order valence-electron chi connectivity index (χ3n) is 5.26. The minimum Gasteiger partial charge on any atom is -0.493 e. The van der Waals surface area contributed by atoms with Crippen molar-refractivity contribution in [1.82, 2.24) is 5.32 Å². The van der Waals surface area contributed by atoms with Gasteiger partial charge in [0.1, 0.15) is 18.0 Å². The Labute approximate surface area is 204 Å². The minimum absolute atomic E-state index is 0.0680. The number of carboxylic acids is 1. The maximum atomic E-state index is 14.2. The van der Waals surface area contributed by atoms with E-state index in [1.807, 2.05) is 5.32 Å². The molecule has 1 heterocycles. The van der Waals surface area contributed by atoms with Crippen LogP contribution in [0.1, 0.15) is 21.5 Å². The normalized spacial score (nSPS) is 14.6. The zero-order valence-electron chi connectivity index (χ0n) is 18.9. The lowest BCUT2D eigenvalue weighted by atomic mass is 10.1. The van der Waals surface area contributed by atoms with E-state index >= 15 is 0 Å². The molecular weight excluding hydrogens is 471 g/mol. The van der Waals surface area contributed by atoms with Crippen LogP contribution in [0.5, 0.6) is 11.5 Å².